The van der Waals surface area contributed by atoms with E-state index in [1.165, 1.54) is 30.2 Å². The van der Waals surface area contributed by atoms with Gasteiger partial charge < -0.3 is 5.32 Å². The van der Waals surface area contributed by atoms with E-state index in [2.05, 4.69) is 54.5 Å². The zero-order chi connectivity index (χ0) is 14.7. The molecule has 1 aromatic heterocycles. The number of fused-ring (bicyclic) bond motifs is 1. The summed E-state index contributed by atoms with van der Waals surface area (Å²) in [6.45, 7) is 5.67. The second-order valence-corrected chi connectivity index (χ2v) is 6.53. The molecule has 1 aliphatic rings. The van der Waals surface area contributed by atoms with Crippen molar-refractivity contribution in [1.82, 2.24) is 10.3 Å². The molecule has 3 atom stereocenters. The lowest BCUT2D eigenvalue weighted by atomic mass is 9.90. The van der Waals surface area contributed by atoms with E-state index in [1.54, 1.807) is 0 Å². The van der Waals surface area contributed by atoms with Crippen molar-refractivity contribution >= 4 is 10.9 Å². The Kier molecular flexibility index (Phi) is 4.54. The molecule has 2 nitrogen and oxygen atoms in total. The summed E-state index contributed by atoms with van der Waals surface area (Å²) >= 11 is 0. The third-order valence-electron chi connectivity index (χ3n) is 4.95. The number of para-hydroxylation sites is 1. The van der Waals surface area contributed by atoms with Crippen molar-refractivity contribution in [3.05, 3.63) is 42.1 Å². The number of benzene rings is 1. The molecule has 1 saturated carbocycles. The van der Waals surface area contributed by atoms with E-state index in [4.69, 9.17) is 0 Å². The molecular formula is C19H26N2. The molecule has 1 aliphatic carbocycles. The molecule has 112 valence electrons. The summed E-state index contributed by atoms with van der Waals surface area (Å²) in [6.07, 6.45) is 7.22. The largest absolute Gasteiger partial charge is 0.314 e. The maximum Gasteiger partial charge on any atom is 0.0704 e. The number of pyridine rings is 1. The number of hydrogen-bond acceptors (Lipinski definition) is 2. The Hall–Kier alpha value is -1.41. The molecule has 0 bridgehead atoms. The minimum absolute atomic E-state index is 0.603. The van der Waals surface area contributed by atoms with Gasteiger partial charge in [0.25, 0.3) is 0 Å². The van der Waals surface area contributed by atoms with Crippen LogP contribution in [-0.2, 0) is 6.42 Å². The molecule has 2 heteroatoms. The van der Waals surface area contributed by atoms with Gasteiger partial charge in [-0.2, -0.15) is 0 Å². The summed E-state index contributed by atoms with van der Waals surface area (Å²) in [5.74, 6) is 1.72. The Morgan fingerprint density at radius 2 is 2.10 bits per heavy atom. The quantitative estimate of drug-likeness (QED) is 0.889. The molecule has 0 saturated heterocycles. The van der Waals surface area contributed by atoms with Crippen LogP contribution < -0.4 is 5.32 Å². The van der Waals surface area contributed by atoms with Crippen LogP contribution in [0.25, 0.3) is 10.9 Å². The number of aromatic nitrogens is 1. The molecule has 1 heterocycles. The van der Waals surface area contributed by atoms with E-state index < -0.39 is 0 Å². The fourth-order valence-electron chi connectivity index (χ4n) is 3.85. The van der Waals surface area contributed by atoms with E-state index in [9.17, 15) is 0 Å². The molecule has 0 amide bonds. The molecule has 0 aliphatic heterocycles. The topological polar surface area (TPSA) is 24.9 Å². The lowest BCUT2D eigenvalue weighted by Crippen LogP contribution is -2.37. The first-order valence-electron chi connectivity index (χ1n) is 8.34. The SMILES string of the molecule is CCNC(Cc1ccnc2ccccc12)C1CCC(C)C1. The maximum atomic E-state index is 4.48. The summed E-state index contributed by atoms with van der Waals surface area (Å²) in [7, 11) is 0. The first-order valence-corrected chi connectivity index (χ1v) is 8.34. The van der Waals surface area contributed by atoms with Gasteiger partial charge in [-0.15, -0.1) is 0 Å². The average Bonchev–Trinajstić information content (AvgIpc) is 2.94. The second-order valence-electron chi connectivity index (χ2n) is 6.53. The van der Waals surface area contributed by atoms with Crippen molar-refractivity contribution in [2.75, 3.05) is 6.54 Å². The Balaban J connectivity index is 1.84. The summed E-state index contributed by atoms with van der Waals surface area (Å²) in [5.41, 5.74) is 2.55. The molecule has 3 unspecified atom stereocenters. The van der Waals surface area contributed by atoms with E-state index in [-0.39, 0.29) is 0 Å². The molecule has 0 radical (unpaired) electrons. The van der Waals surface area contributed by atoms with Crippen molar-refractivity contribution in [3.8, 4) is 0 Å². The number of nitrogens with one attached hydrogen (secondary N) is 1. The van der Waals surface area contributed by atoms with Gasteiger partial charge in [0.05, 0.1) is 5.52 Å². The molecule has 0 spiro atoms. The fraction of sp³-hybridized carbons (Fsp3) is 0.526. The highest BCUT2D eigenvalue weighted by molar-refractivity contribution is 5.81. The van der Waals surface area contributed by atoms with Crippen LogP contribution >= 0.6 is 0 Å². The Labute approximate surface area is 128 Å². The van der Waals surface area contributed by atoms with Crippen molar-refractivity contribution in [2.24, 2.45) is 11.8 Å². The molecule has 1 fully saturated rings. The molecule has 21 heavy (non-hydrogen) atoms. The van der Waals surface area contributed by atoms with Gasteiger partial charge in [-0.25, -0.2) is 0 Å². The lowest BCUT2D eigenvalue weighted by molar-refractivity contribution is 0.354. The second kappa shape index (κ2) is 6.57. The predicted octanol–water partition coefficient (Wildman–Crippen LogP) is 4.19. The normalized spacial score (nSPS) is 23.5. The highest BCUT2D eigenvalue weighted by Gasteiger charge is 2.28. The molecule has 3 rings (SSSR count). The Bertz CT molecular complexity index is 588. The smallest absolute Gasteiger partial charge is 0.0704 e. The lowest BCUT2D eigenvalue weighted by Gasteiger charge is -2.25. The van der Waals surface area contributed by atoms with Gasteiger partial charge in [-0.1, -0.05) is 38.5 Å². The summed E-state index contributed by atoms with van der Waals surface area (Å²) in [6, 6.07) is 11.3. The van der Waals surface area contributed by atoms with Crippen molar-refractivity contribution in [1.29, 1.82) is 0 Å². The molecule has 2 aromatic rings. The van der Waals surface area contributed by atoms with Gasteiger partial charge in [0.2, 0.25) is 0 Å². The Morgan fingerprint density at radius 1 is 1.24 bits per heavy atom. The zero-order valence-electron chi connectivity index (χ0n) is 13.2. The number of likely N-dealkylation sites (N-methyl/N-ethyl adjacent to an activating group) is 1. The van der Waals surface area contributed by atoms with E-state index >= 15 is 0 Å². The first kappa shape index (κ1) is 14.5. The highest BCUT2D eigenvalue weighted by atomic mass is 14.9. The van der Waals surface area contributed by atoms with Gasteiger partial charge >= 0.3 is 0 Å². The minimum Gasteiger partial charge on any atom is -0.314 e. The van der Waals surface area contributed by atoms with Crippen LogP contribution in [0.3, 0.4) is 0 Å². The van der Waals surface area contributed by atoms with Crippen LogP contribution in [0.4, 0.5) is 0 Å². The van der Waals surface area contributed by atoms with Crippen LogP contribution in [0.15, 0.2) is 36.5 Å². The van der Waals surface area contributed by atoms with Crippen LogP contribution in [0.5, 0.6) is 0 Å². The van der Waals surface area contributed by atoms with Crippen molar-refractivity contribution in [3.63, 3.8) is 0 Å². The summed E-state index contributed by atoms with van der Waals surface area (Å²) < 4.78 is 0. The van der Waals surface area contributed by atoms with Gasteiger partial charge in [0.1, 0.15) is 0 Å². The van der Waals surface area contributed by atoms with Gasteiger partial charge in [-0.05, 0) is 55.3 Å². The van der Waals surface area contributed by atoms with Gasteiger partial charge in [0.15, 0.2) is 0 Å². The van der Waals surface area contributed by atoms with E-state index in [0.29, 0.717) is 6.04 Å². The van der Waals surface area contributed by atoms with Gasteiger partial charge in [0, 0.05) is 17.6 Å². The van der Waals surface area contributed by atoms with E-state index in [1.807, 2.05) is 6.20 Å². The number of rotatable bonds is 5. The standard InChI is InChI=1S/C19H26N2/c1-3-20-19(16-9-8-14(2)12-16)13-15-10-11-21-18-7-5-4-6-17(15)18/h4-7,10-11,14,16,19-20H,3,8-9,12-13H2,1-2H3. The molecule has 1 aromatic carbocycles. The third kappa shape index (κ3) is 3.26. The number of nitrogens with zero attached hydrogens (tertiary/aromatic N) is 1. The first-order chi connectivity index (χ1) is 10.3. The van der Waals surface area contributed by atoms with Crippen LogP contribution in [-0.4, -0.2) is 17.6 Å². The predicted molar refractivity (Wildman–Crippen MR) is 89.4 cm³/mol. The van der Waals surface area contributed by atoms with Crippen LogP contribution in [0, 0.1) is 11.8 Å². The molecular weight excluding hydrogens is 256 g/mol. The third-order valence-corrected chi connectivity index (χ3v) is 4.95. The number of hydrogen-bond donors (Lipinski definition) is 1. The molecule has 1 N–H and O–H groups in total. The summed E-state index contributed by atoms with van der Waals surface area (Å²) in [5, 5.41) is 5.05. The van der Waals surface area contributed by atoms with Crippen molar-refractivity contribution in [2.45, 2.75) is 45.6 Å². The van der Waals surface area contributed by atoms with E-state index in [0.717, 1.165) is 30.3 Å². The summed E-state index contributed by atoms with van der Waals surface area (Å²) in [4.78, 5) is 4.48. The minimum atomic E-state index is 0.603. The fourth-order valence-corrected chi connectivity index (χ4v) is 3.85. The Morgan fingerprint density at radius 3 is 2.86 bits per heavy atom. The van der Waals surface area contributed by atoms with Crippen LogP contribution in [0.1, 0.15) is 38.7 Å². The van der Waals surface area contributed by atoms with Crippen LogP contribution in [0.2, 0.25) is 0 Å². The maximum absolute atomic E-state index is 4.48. The zero-order valence-corrected chi connectivity index (χ0v) is 13.2. The highest BCUT2D eigenvalue weighted by Crippen LogP contribution is 2.34. The monoisotopic (exact) mass is 282 g/mol. The van der Waals surface area contributed by atoms with Crippen molar-refractivity contribution < 1.29 is 0 Å². The average molecular weight is 282 g/mol. The van der Waals surface area contributed by atoms with Gasteiger partial charge in [-0.3, -0.25) is 4.98 Å².